The summed E-state index contributed by atoms with van der Waals surface area (Å²) in [5.41, 5.74) is 2.99. The molecule has 2 heterocycles. The summed E-state index contributed by atoms with van der Waals surface area (Å²) in [6, 6.07) is 4.99. The molecule has 0 unspecified atom stereocenters. The summed E-state index contributed by atoms with van der Waals surface area (Å²) in [6.45, 7) is 9.45. The number of aromatic nitrogens is 2. The van der Waals surface area contributed by atoms with E-state index in [1.165, 1.54) is 10.9 Å². The maximum atomic E-state index is 13.0. The number of esters is 1. The van der Waals surface area contributed by atoms with Gasteiger partial charge in [-0.15, -0.1) is 11.3 Å². The summed E-state index contributed by atoms with van der Waals surface area (Å²) < 4.78 is 6.40. The fourth-order valence-electron chi connectivity index (χ4n) is 3.20. The van der Waals surface area contributed by atoms with Crippen LogP contribution in [0.5, 0.6) is 0 Å². The van der Waals surface area contributed by atoms with Crippen LogP contribution in [-0.2, 0) is 9.53 Å². The number of nitrogens with one attached hydrogen (secondary N) is 1. The normalized spacial score (nSPS) is 12.0. The summed E-state index contributed by atoms with van der Waals surface area (Å²) in [5, 5.41) is 3.26. The van der Waals surface area contributed by atoms with Gasteiger partial charge in [-0.2, -0.15) is 0 Å². The molecule has 2 aromatic heterocycles. The van der Waals surface area contributed by atoms with E-state index in [1.54, 1.807) is 13.8 Å². The minimum absolute atomic E-state index is 0.288. The fourth-order valence-corrected chi connectivity index (χ4v) is 4.23. The van der Waals surface area contributed by atoms with Gasteiger partial charge in [-0.25, -0.2) is 9.78 Å². The van der Waals surface area contributed by atoms with Crippen molar-refractivity contribution in [2.45, 2.75) is 47.1 Å². The second kappa shape index (κ2) is 8.79. The van der Waals surface area contributed by atoms with Gasteiger partial charge in [0, 0.05) is 5.69 Å². The number of benzene rings is 1. The van der Waals surface area contributed by atoms with Crippen LogP contribution < -0.4 is 10.9 Å². The molecule has 1 N–H and O–H groups in total. The first-order valence-corrected chi connectivity index (χ1v) is 10.6. The molecule has 0 aliphatic carbocycles. The van der Waals surface area contributed by atoms with Gasteiger partial charge >= 0.3 is 5.97 Å². The Balaban J connectivity index is 1.96. The van der Waals surface area contributed by atoms with E-state index >= 15 is 0 Å². The predicted octanol–water partition coefficient (Wildman–Crippen LogP) is 4.15. The fraction of sp³-hybridized carbons (Fsp3) is 0.364. The summed E-state index contributed by atoms with van der Waals surface area (Å²) in [6.07, 6.45) is 2.04. The van der Waals surface area contributed by atoms with Crippen LogP contribution in [0.25, 0.3) is 10.2 Å². The third-order valence-corrected chi connectivity index (χ3v) is 6.12. The standard InChI is InChI=1S/C22H25N3O4S/c1-6-9-29-22(28)15(5)25-11-23-20-17(21(25)27)14(4)18(30-20)19(26)24-16-8-7-12(2)10-13(16)3/h7-8,10-11,15H,6,9H2,1-5H3,(H,24,26)/t15-/m1/s1. The van der Waals surface area contributed by atoms with E-state index < -0.39 is 12.0 Å². The number of carbonyl (C=O) groups excluding carboxylic acids is 2. The van der Waals surface area contributed by atoms with Crippen molar-refractivity contribution in [3.05, 3.63) is 56.4 Å². The average Bonchev–Trinajstić information content (AvgIpc) is 3.05. The van der Waals surface area contributed by atoms with Crippen LogP contribution in [0.2, 0.25) is 0 Å². The number of rotatable bonds is 6. The Labute approximate surface area is 178 Å². The maximum absolute atomic E-state index is 13.0. The van der Waals surface area contributed by atoms with E-state index in [2.05, 4.69) is 10.3 Å². The number of anilines is 1. The summed E-state index contributed by atoms with van der Waals surface area (Å²) in [7, 11) is 0. The molecular formula is C22H25N3O4S. The van der Waals surface area contributed by atoms with E-state index in [4.69, 9.17) is 4.74 Å². The molecule has 3 aromatic rings. The molecule has 0 saturated carbocycles. The highest BCUT2D eigenvalue weighted by atomic mass is 32.1. The Hall–Kier alpha value is -3.00. The molecule has 30 heavy (non-hydrogen) atoms. The van der Waals surface area contributed by atoms with Gasteiger partial charge in [0.05, 0.1) is 23.2 Å². The Kier molecular flexibility index (Phi) is 6.36. The molecule has 0 aliphatic heterocycles. The highest BCUT2D eigenvalue weighted by Crippen LogP contribution is 2.28. The van der Waals surface area contributed by atoms with Crippen molar-refractivity contribution in [1.29, 1.82) is 0 Å². The van der Waals surface area contributed by atoms with Crippen molar-refractivity contribution in [3.63, 3.8) is 0 Å². The first-order valence-electron chi connectivity index (χ1n) is 9.80. The third-order valence-electron chi connectivity index (χ3n) is 4.92. The lowest BCUT2D eigenvalue weighted by molar-refractivity contribution is -0.147. The minimum Gasteiger partial charge on any atom is -0.464 e. The van der Waals surface area contributed by atoms with Crippen molar-refractivity contribution in [3.8, 4) is 0 Å². The summed E-state index contributed by atoms with van der Waals surface area (Å²) >= 11 is 1.16. The summed E-state index contributed by atoms with van der Waals surface area (Å²) in [5.74, 6) is -0.774. The van der Waals surface area contributed by atoms with Gasteiger partial charge in [0.25, 0.3) is 11.5 Å². The van der Waals surface area contributed by atoms with Crippen molar-refractivity contribution in [2.75, 3.05) is 11.9 Å². The lowest BCUT2D eigenvalue weighted by Gasteiger charge is -2.13. The van der Waals surface area contributed by atoms with Gasteiger partial charge in [-0.3, -0.25) is 14.2 Å². The van der Waals surface area contributed by atoms with Crippen LogP contribution >= 0.6 is 11.3 Å². The second-order valence-electron chi connectivity index (χ2n) is 7.31. The number of fused-ring (bicyclic) bond motifs is 1. The Morgan fingerprint density at radius 1 is 1.27 bits per heavy atom. The van der Waals surface area contributed by atoms with Crippen molar-refractivity contribution in [1.82, 2.24) is 9.55 Å². The van der Waals surface area contributed by atoms with E-state index in [-0.39, 0.29) is 11.5 Å². The molecule has 1 amide bonds. The van der Waals surface area contributed by atoms with Gasteiger partial charge in [0.1, 0.15) is 10.9 Å². The number of aryl methyl sites for hydroxylation is 3. The number of hydrogen-bond acceptors (Lipinski definition) is 6. The number of amides is 1. The van der Waals surface area contributed by atoms with Crippen molar-refractivity contribution in [2.24, 2.45) is 0 Å². The molecular weight excluding hydrogens is 402 g/mol. The Morgan fingerprint density at radius 2 is 2.00 bits per heavy atom. The number of nitrogens with zero attached hydrogens (tertiary/aromatic N) is 2. The van der Waals surface area contributed by atoms with Crippen LogP contribution in [0, 0.1) is 20.8 Å². The highest BCUT2D eigenvalue weighted by molar-refractivity contribution is 7.20. The first kappa shape index (κ1) is 21.7. The third kappa shape index (κ3) is 4.14. The number of ether oxygens (including phenoxy) is 1. The summed E-state index contributed by atoms with van der Waals surface area (Å²) in [4.78, 5) is 43.3. The predicted molar refractivity (Wildman–Crippen MR) is 118 cm³/mol. The molecule has 1 aromatic carbocycles. The molecule has 0 radical (unpaired) electrons. The quantitative estimate of drug-likeness (QED) is 0.597. The van der Waals surface area contributed by atoms with Crippen molar-refractivity contribution >= 4 is 39.1 Å². The first-order chi connectivity index (χ1) is 14.2. The zero-order valence-corrected chi connectivity index (χ0v) is 18.6. The lowest BCUT2D eigenvalue weighted by atomic mass is 10.1. The molecule has 3 rings (SSSR count). The van der Waals surface area contributed by atoms with Gasteiger partial charge in [-0.05, 0) is 51.3 Å². The van der Waals surface area contributed by atoms with E-state index in [0.717, 1.165) is 28.2 Å². The molecule has 0 bridgehead atoms. The zero-order chi connectivity index (χ0) is 22.0. The molecule has 158 valence electrons. The van der Waals surface area contributed by atoms with Gasteiger partial charge in [0.2, 0.25) is 0 Å². The van der Waals surface area contributed by atoms with Crippen LogP contribution in [-0.4, -0.2) is 28.0 Å². The van der Waals surface area contributed by atoms with Gasteiger partial charge < -0.3 is 10.1 Å². The molecule has 1 atom stereocenters. The van der Waals surface area contributed by atoms with Crippen LogP contribution in [0.15, 0.2) is 29.3 Å². The maximum Gasteiger partial charge on any atom is 0.328 e. The minimum atomic E-state index is -0.798. The average molecular weight is 428 g/mol. The van der Waals surface area contributed by atoms with Crippen molar-refractivity contribution < 1.29 is 14.3 Å². The Bertz CT molecular complexity index is 1180. The van der Waals surface area contributed by atoms with E-state index in [9.17, 15) is 14.4 Å². The molecule has 0 fully saturated rings. The lowest BCUT2D eigenvalue weighted by Crippen LogP contribution is -2.29. The topological polar surface area (TPSA) is 90.3 Å². The van der Waals surface area contributed by atoms with Crippen LogP contribution in [0.3, 0.4) is 0 Å². The SMILES string of the molecule is CCCOC(=O)[C@@H](C)n1cnc2sc(C(=O)Nc3ccc(C)cc3C)c(C)c2c1=O. The molecule has 0 aliphatic rings. The molecule has 0 spiro atoms. The van der Waals surface area contributed by atoms with E-state index in [1.807, 2.05) is 39.0 Å². The van der Waals surface area contributed by atoms with E-state index in [0.29, 0.717) is 33.7 Å². The van der Waals surface area contributed by atoms with Crippen LogP contribution in [0.1, 0.15) is 52.7 Å². The molecule has 7 nitrogen and oxygen atoms in total. The number of carbonyl (C=O) groups is 2. The number of hydrogen-bond donors (Lipinski definition) is 1. The molecule has 8 heteroatoms. The smallest absolute Gasteiger partial charge is 0.328 e. The van der Waals surface area contributed by atoms with Crippen LogP contribution in [0.4, 0.5) is 5.69 Å². The largest absolute Gasteiger partial charge is 0.464 e. The highest BCUT2D eigenvalue weighted by Gasteiger charge is 2.23. The Morgan fingerprint density at radius 3 is 2.67 bits per heavy atom. The zero-order valence-electron chi connectivity index (χ0n) is 17.7. The second-order valence-corrected chi connectivity index (χ2v) is 8.31. The molecule has 0 saturated heterocycles. The van der Waals surface area contributed by atoms with Gasteiger partial charge in [0.15, 0.2) is 0 Å². The van der Waals surface area contributed by atoms with Gasteiger partial charge in [-0.1, -0.05) is 24.6 Å². The number of thiophene rings is 1. The monoisotopic (exact) mass is 427 g/mol.